The van der Waals surface area contributed by atoms with Gasteiger partial charge in [-0.15, -0.1) is 0 Å². The Bertz CT molecular complexity index is 244. The highest BCUT2D eigenvalue weighted by atomic mass is 32.2. The number of aliphatic hydroxyl groups is 1. The second-order valence-electron chi connectivity index (χ2n) is 5.96. The third kappa shape index (κ3) is 2.27. The highest BCUT2D eigenvalue weighted by Crippen LogP contribution is 2.41. The summed E-state index contributed by atoms with van der Waals surface area (Å²) in [7, 11) is 0. The average molecular weight is 243 g/mol. The van der Waals surface area contributed by atoms with Gasteiger partial charge in [0.15, 0.2) is 0 Å². The second kappa shape index (κ2) is 4.87. The van der Waals surface area contributed by atoms with E-state index < -0.39 is 0 Å². The first-order valence-electron chi connectivity index (χ1n) is 6.52. The van der Waals surface area contributed by atoms with Crippen LogP contribution in [0.4, 0.5) is 0 Å². The van der Waals surface area contributed by atoms with E-state index in [4.69, 9.17) is 0 Å². The fourth-order valence-corrected chi connectivity index (χ4v) is 3.96. The van der Waals surface area contributed by atoms with Gasteiger partial charge in [0.05, 0.1) is 6.10 Å². The van der Waals surface area contributed by atoms with Crippen molar-refractivity contribution in [2.75, 3.05) is 6.26 Å². The fraction of sp³-hybridized carbons (Fsp3) is 1.00. The number of hydrogen-bond acceptors (Lipinski definition) is 3. The Labute approximate surface area is 104 Å². The van der Waals surface area contributed by atoms with Crippen LogP contribution in [0.15, 0.2) is 0 Å². The van der Waals surface area contributed by atoms with Gasteiger partial charge in [-0.2, -0.15) is 11.8 Å². The van der Waals surface area contributed by atoms with Crippen molar-refractivity contribution in [1.29, 1.82) is 0 Å². The first-order valence-corrected chi connectivity index (χ1v) is 7.81. The predicted octanol–water partition coefficient (Wildman–Crippen LogP) is 2.41. The normalized spacial score (nSPS) is 42.8. The molecule has 0 bridgehead atoms. The molecule has 0 saturated heterocycles. The van der Waals surface area contributed by atoms with Crippen LogP contribution < -0.4 is 5.32 Å². The van der Waals surface area contributed by atoms with E-state index in [1.54, 1.807) is 0 Å². The van der Waals surface area contributed by atoms with Gasteiger partial charge in [0.25, 0.3) is 0 Å². The monoisotopic (exact) mass is 243 g/mol. The molecule has 0 aromatic rings. The van der Waals surface area contributed by atoms with Gasteiger partial charge >= 0.3 is 0 Å². The molecule has 4 unspecified atom stereocenters. The summed E-state index contributed by atoms with van der Waals surface area (Å²) >= 11 is 2.01. The fourth-order valence-electron chi connectivity index (χ4n) is 3.01. The lowest BCUT2D eigenvalue weighted by molar-refractivity contribution is -0.0767. The molecule has 2 N–H and O–H groups in total. The summed E-state index contributed by atoms with van der Waals surface area (Å²) in [6, 6.07) is 1.18. The van der Waals surface area contributed by atoms with Gasteiger partial charge in [-0.05, 0) is 25.5 Å². The topological polar surface area (TPSA) is 32.3 Å². The highest BCUT2D eigenvalue weighted by molar-refractivity contribution is 7.99. The number of hydrogen-bond donors (Lipinski definition) is 2. The number of thioether (sulfide) groups is 1. The van der Waals surface area contributed by atoms with Gasteiger partial charge in [-0.1, -0.05) is 26.7 Å². The molecule has 2 rings (SSSR count). The summed E-state index contributed by atoms with van der Waals surface area (Å²) in [6.07, 6.45) is 8.48. The molecule has 3 heteroatoms. The van der Waals surface area contributed by atoms with Crippen LogP contribution >= 0.6 is 11.8 Å². The van der Waals surface area contributed by atoms with Crippen LogP contribution in [0.25, 0.3) is 0 Å². The van der Waals surface area contributed by atoms with E-state index in [1.807, 2.05) is 11.8 Å². The molecular formula is C13H25NOS. The molecule has 0 aliphatic heterocycles. The summed E-state index contributed by atoms with van der Waals surface area (Å²) in [5.74, 6) is 0. The van der Waals surface area contributed by atoms with Crippen molar-refractivity contribution in [2.24, 2.45) is 5.41 Å². The Balaban J connectivity index is 1.89. The lowest BCUT2D eigenvalue weighted by Crippen LogP contribution is -2.63. The van der Waals surface area contributed by atoms with E-state index >= 15 is 0 Å². The van der Waals surface area contributed by atoms with Gasteiger partial charge in [0.2, 0.25) is 0 Å². The molecule has 0 heterocycles. The number of rotatable bonds is 3. The van der Waals surface area contributed by atoms with E-state index in [1.165, 1.54) is 25.7 Å². The first kappa shape index (κ1) is 12.7. The van der Waals surface area contributed by atoms with Crippen LogP contribution in [0.3, 0.4) is 0 Å². The standard InChI is InChI=1S/C13H25NOS/c1-13(2)11(8-12(13)15)14-9-6-4-5-7-10(9)16-3/h9-12,14-15H,4-8H2,1-3H3. The molecule has 0 spiro atoms. The van der Waals surface area contributed by atoms with Gasteiger partial charge in [0.1, 0.15) is 0 Å². The first-order chi connectivity index (χ1) is 7.55. The summed E-state index contributed by atoms with van der Waals surface area (Å²) in [5.41, 5.74) is 0.0698. The quantitative estimate of drug-likeness (QED) is 0.798. The Morgan fingerprint density at radius 3 is 2.50 bits per heavy atom. The van der Waals surface area contributed by atoms with E-state index in [9.17, 15) is 5.11 Å². The average Bonchev–Trinajstić information content (AvgIpc) is 2.29. The Hall–Kier alpha value is 0.270. The van der Waals surface area contributed by atoms with Gasteiger partial charge in [-0.25, -0.2) is 0 Å². The van der Waals surface area contributed by atoms with Crippen LogP contribution in [0.5, 0.6) is 0 Å². The number of nitrogens with one attached hydrogen (secondary N) is 1. The third-order valence-corrected chi connectivity index (χ3v) is 5.81. The molecule has 0 aromatic carbocycles. The predicted molar refractivity (Wildman–Crippen MR) is 70.9 cm³/mol. The minimum absolute atomic E-state index is 0.0698. The van der Waals surface area contributed by atoms with Crippen LogP contribution in [0.1, 0.15) is 46.0 Å². The summed E-state index contributed by atoms with van der Waals surface area (Å²) in [5, 5.41) is 14.3. The zero-order valence-corrected chi connectivity index (χ0v) is 11.5. The van der Waals surface area contributed by atoms with Crippen molar-refractivity contribution in [1.82, 2.24) is 5.32 Å². The minimum atomic E-state index is -0.110. The minimum Gasteiger partial charge on any atom is -0.392 e. The van der Waals surface area contributed by atoms with Gasteiger partial charge in [0, 0.05) is 22.7 Å². The zero-order valence-electron chi connectivity index (χ0n) is 10.7. The third-order valence-electron chi connectivity index (χ3n) is 4.64. The molecular weight excluding hydrogens is 218 g/mol. The van der Waals surface area contributed by atoms with Gasteiger partial charge in [-0.3, -0.25) is 0 Å². The van der Waals surface area contributed by atoms with E-state index in [-0.39, 0.29) is 11.5 Å². The van der Waals surface area contributed by atoms with Crippen molar-refractivity contribution in [2.45, 2.75) is 69.4 Å². The maximum atomic E-state index is 9.75. The van der Waals surface area contributed by atoms with Crippen molar-refractivity contribution in [3.63, 3.8) is 0 Å². The second-order valence-corrected chi connectivity index (χ2v) is 7.03. The van der Waals surface area contributed by atoms with Crippen LogP contribution in [0, 0.1) is 5.41 Å². The highest BCUT2D eigenvalue weighted by Gasteiger charge is 2.48. The molecule has 0 amide bonds. The zero-order chi connectivity index (χ0) is 11.8. The molecule has 16 heavy (non-hydrogen) atoms. The summed E-state index contributed by atoms with van der Waals surface area (Å²) in [6.45, 7) is 4.35. The SMILES string of the molecule is CSC1CCCCC1NC1CC(O)C1(C)C. The van der Waals surface area contributed by atoms with Gasteiger partial charge < -0.3 is 10.4 Å². The van der Waals surface area contributed by atoms with E-state index in [0.29, 0.717) is 12.1 Å². The lowest BCUT2D eigenvalue weighted by Gasteiger charge is -2.52. The number of aliphatic hydroxyl groups excluding tert-OH is 1. The van der Waals surface area contributed by atoms with Crippen LogP contribution in [0.2, 0.25) is 0 Å². The van der Waals surface area contributed by atoms with Crippen molar-refractivity contribution in [3.8, 4) is 0 Å². The van der Waals surface area contributed by atoms with Crippen LogP contribution in [-0.2, 0) is 0 Å². The molecule has 2 aliphatic rings. The lowest BCUT2D eigenvalue weighted by atomic mass is 9.64. The summed E-state index contributed by atoms with van der Waals surface area (Å²) in [4.78, 5) is 0. The molecule has 2 aliphatic carbocycles. The van der Waals surface area contributed by atoms with Crippen molar-refractivity contribution in [3.05, 3.63) is 0 Å². The maximum Gasteiger partial charge on any atom is 0.0621 e. The Morgan fingerprint density at radius 1 is 1.25 bits per heavy atom. The maximum absolute atomic E-state index is 9.75. The molecule has 2 nitrogen and oxygen atoms in total. The molecule has 0 aromatic heterocycles. The van der Waals surface area contributed by atoms with E-state index in [0.717, 1.165) is 11.7 Å². The molecule has 2 saturated carbocycles. The largest absolute Gasteiger partial charge is 0.392 e. The molecule has 94 valence electrons. The molecule has 0 radical (unpaired) electrons. The van der Waals surface area contributed by atoms with E-state index in [2.05, 4.69) is 25.4 Å². The molecule has 4 atom stereocenters. The Kier molecular flexibility index (Phi) is 3.87. The summed E-state index contributed by atoms with van der Waals surface area (Å²) < 4.78 is 0. The molecule has 2 fully saturated rings. The van der Waals surface area contributed by atoms with Crippen molar-refractivity contribution < 1.29 is 5.11 Å². The van der Waals surface area contributed by atoms with Crippen molar-refractivity contribution >= 4 is 11.8 Å². The smallest absolute Gasteiger partial charge is 0.0621 e. The van der Waals surface area contributed by atoms with Crippen LogP contribution in [-0.4, -0.2) is 34.8 Å². The Morgan fingerprint density at radius 2 is 1.94 bits per heavy atom.